The summed E-state index contributed by atoms with van der Waals surface area (Å²) in [7, 11) is 0. The summed E-state index contributed by atoms with van der Waals surface area (Å²) in [5, 5.41) is 4.32. The van der Waals surface area contributed by atoms with Crippen LogP contribution >= 0.6 is 0 Å². The highest BCUT2D eigenvalue weighted by Gasteiger charge is 2.15. The van der Waals surface area contributed by atoms with Gasteiger partial charge in [0.15, 0.2) is 5.78 Å². The van der Waals surface area contributed by atoms with Gasteiger partial charge in [0.25, 0.3) is 5.56 Å². The fourth-order valence-electron chi connectivity index (χ4n) is 2.67. The molecule has 3 rings (SSSR count). The number of pyridine rings is 1. The monoisotopic (exact) mass is 333 g/mol. The van der Waals surface area contributed by atoms with Crippen LogP contribution in [0.2, 0.25) is 0 Å². The normalized spacial score (nSPS) is 10.6. The van der Waals surface area contributed by atoms with Crippen LogP contribution in [0.5, 0.6) is 0 Å². The van der Waals surface area contributed by atoms with Gasteiger partial charge in [0.2, 0.25) is 0 Å². The second kappa shape index (κ2) is 7.13. The lowest BCUT2D eigenvalue weighted by atomic mass is 10.1. The lowest BCUT2D eigenvalue weighted by Crippen LogP contribution is -2.23. The van der Waals surface area contributed by atoms with Crippen molar-refractivity contribution < 1.29 is 4.79 Å². The standard InChI is InChI=1S/C20H19N3O2/c1-3-16-9-10-20(25)22(12-16)14-19(24)18-11-21-23(15(18)2)13-17-7-5-4-6-8-17/h3-12H,1,13-14H2,2H3. The highest BCUT2D eigenvalue weighted by molar-refractivity contribution is 5.96. The van der Waals surface area contributed by atoms with Crippen molar-refractivity contribution in [3.8, 4) is 0 Å². The van der Waals surface area contributed by atoms with E-state index in [1.54, 1.807) is 29.2 Å². The van der Waals surface area contributed by atoms with Gasteiger partial charge in [0.1, 0.15) is 0 Å². The number of ketones is 1. The van der Waals surface area contributed by atoms with Crippen molar-refractivity contribution >= 4 is 11.9 Å². The van der Waals surface area contributed by atoms with Crippen molar-refractivity contribution in [2.24, 2.45) is 0 Å². The highest BCUT2D eigenvalue weighted by atomic mass is 16.1. The fourth-order valence-corrected chi connectivity index (χ4v) is 2.67. The number of Topliss-reactive ketones (excluding diaryl/α,β-unsaturated/α-hetero) is 1. The molecular formula is C20H19N3O2. The first-order chi connectivity index (χ1) is 12.1. The first-order valence-electron chi connectivity index (χ1n) is 8.01. The van der Waals surface area contributed by atoms with Crippen LogP contribution in [-0.4, -0.2) is 20.1 Å². The van der Waals surface area contributed by atoms with E-state index in [0.717, 1.165) is 16.8 Å². The molecule has 0 saturated heterocycles. The van der Waals surface area contributed by atoms with Gasteiger partial charge in [-0.15, -0.1) is 0 Å². The van der Waals surface area contributed by atoms with Gasteiger partial charge in [-0.2, -0.15) is 5.10 Å². The van der Waals surface area contributed by atoms with Crippen molar-refractivity contribution in [1.29, 1.82) is 0 Å². The van der Waals surface area contributed by atoms with Crippen LogP contribution in [0.1, 0.15) is 27.2 Å². The molecule has 3 aromatic rings. The maximum Gasteiger partial charge on any atom is 0.250 e. The van der Waals surface area contributed by atoms with Gasteiger partial charge >= 0.3 is 0 Å². The molecular weight excluding hydrogens is 314 g/mol. The zero-order chi connectivity index (χ0) is 17.8. The molecule has 0 saturated carbocycles. The van der Waals surface area contributed by atoms with Crippen LogP contribution in [0.4, 0.5) is 0 Å². The molecule has 0 bridgehead atoms. The van der Waals surface area contributed by atoms with Gasteiger partial charge in [-0.25, -0.2) is 0 Å². The van der Waals surface area contributed by atoms with Crippen molar-refractivity contribution in [1.82, 2.24) is 14.3 Å². The minimum Gasteiger partial charge on any atom is -0.307 e. The van der Waals surface area contributed by atoms with E-state index >= 15 is 0 Å². The molecule has 5 nitrogen and oxygen atoms in total. The van der Waals surface area contributed by atoms with E-state index in [9.17, 15) is 9.59 Å². The second-order valence-electron chi connectivity index (χ2n) is 5.84. The summed E-state index contributed by atoms with van der Waals surface area (Å²) in [5.41, 5.74) is 3.02. The van der Waals surface area contributed by atoms with Crippen LogP contribution in [0.25, 0.3) is 6.08 Å². The van der Waals surface area contributed by atoms with Gasteiger partial charge in [-0.3, -0.25) is 14.3 Å². The van der Waals surface area contributed by atoms with Gasteiger partial charge in [0.05, 0.1) is 24.8 Å². The quantitative estimate of drug-likeness (QED) is 0.652. The Bertz CT molecular complexity index is 968. The average molecular weight is 333 g/mol. The van der Waals surface area contributed by atoms with Crippen LogP contribution in [-0.2, 0) is 13.1 Å². The molecule has 2 aromatic heterocycles. The summed E-state index contributed by atoms with van der Waals surface area (Å²) in [5.74, 6) is -0.139. The van der Waals surface area contributed by atoms with Crippen LogP contribution in [0, 0.1) is 6.92 Å². The van der Waals surface area contributed by atoms with E-state index in [1.165, 1.54) is 10.6 Å². The minimum atomic E-state index is -0.215. The zero-order valence-electron chi connectivity index (χ0n) is 14.1. The Morgan fingerprint density at radius 2 is 1.96 bits per heavy atom. The lowest BCUT2D eigenvalue weighted by Gasteiger charge is -2.07. The largest absolute Gasteiger partial charge is 0.307 e. The fraction of sp³-hybridized carbons (Fsp3) is 0.150. The maximum atomic E-state index is 12.6. The maximum absolute atomic E-state index is 12.6. The SMILES string of the molecule is C=Cc1ccc(=O)n(CC(=O)c2cnn(Cc3ccccc3)c2C)c1. The minimum absolute atomic E-state index is 0.0155. The molecule has 0 N–H and O–H groups in total. The molecule has 0 fully saturated rings. The number of nitrogens with zero attached hydrogens (tertiary/aromatic N) is 3. The second-order valence-corrected chi connectivity index (χ2v) is 5.84. The van der Waals surface area contributed by atoms with Gasteiger partial charge in [0, 0.05) is 18.0 Å². The molecule has 0 radical (unpaired) electrons. The molecule has 0 unspecified atom stereocenters. The van der Waals surface area contributed by atoms with Crippen LogP contribution in [0.15, 0.2) is 66.2 Å². The predicted molar refractivity (Wildman–Crippen MR) is 97.6 cm³/mol. The topological polar surface area (TPSA) is 56.9 Å². The number of hydrogen-bond donors (Lipinski definition) is 0. The highest BCUT2D eigenvalue weighted by Crippen LogP contribution is 2.12. The van der Waals surface area contributed by atoms with Crippen LogP contribution < -0.4 is 5.56 Å². The number of carbonyl (C=O) groups excluding carboxylic acids is 1. The first-order valence-corrected chi connectivity index (χ1v) is 8.01. The van der Waals surface area contributed by atoms with Crippen LogP contribution in [0.3, 0.4) is 0 Å². The molecule has 2 heterocycles. The lowest BCUT2D eigenvalue weighted by molar-refractivity contribution is 0.0970. The summed E-state index contributed by atoms with van der Waals surface area (Å²) >= 11 is 0. The predicted octanol–water partition coefficient (Wildman–Crippen LogP) is 2.93. The summed E-state index contributed by atoms with van der Waals surface area (Å²) in [4.78, 5) is 24.6. The molecule has 126 valence electrons. The Labute approximate surface area is 145 Å². The van der Waals surface area contributed by atoms with Gasteiger partial charge < -0.3 is 4.57 Å². The summed E-state index contributed by atoms with van der Waals surface area (Å²) < 4.78 is 3.19. The summed E-state index contributed by atoms with van der Waals surface area (Å²) in [6.07, 6.45) is 4.85. The Morgan fingerprint density at radius 3 is 2.68 bits per heavy atom. The Kier molecular flexibility index (Phi) is 4.75. The molecule has 0 aliphatic heterocycles. The van der Waals surface area contributed by atoms with Crippen molar-refractivity contribution in [2.75, 3.05) is 0 Å². The smallest absolute Gasteiger partial charge is 0.250 e. The van der Waals surface area contributed by atoms with E-state index < -0.39 is 0 Å². The van der Waals surface area contributed by atoms with E-state index in [1.807, 2.05) is 37.3 Å². The number of hydrogen-bond acceptors (Lipinski definition) is 3. The van der Waals surface area contributed by atoms with Gasteiger partial charge in [-0.1, -0.05) is 43.0 Å². The van der Waals surface area contributed by atoms with E-state index in [-0.39, 0.29) is 17.9 Å². The van der Waals surface area contributed by atoms with E-state index in [0.29, 0.717) is 12.1 Å². The average Bonchev–Trinajstić information content (AvgIpc) is 2.98. The number of benzene rings is 1. The third kappa shape index (κ3) is 3.66. The van der Waals surface area contributed by atoms with Crippen molar-refractivity contribution in [3.63, 3.8) is 0 Å². The third-order valence-electron chi connectivity index (χ3n) is 4.13. The Balaban J connectivity index is 1.82. The Hall–Kier alpha value is -3.21. The number of carbonyl (C=O) groups is 1. The zero-order valence-corrected chi connectivity index (χ0v) is 14.1. The molecule has 0 aliphatic carbocycles. The van der Waals surface area contributed by atoms with E-state index in [4.69, 9.17) is 0 Å². The first kappa shape index (κ1) is 16.6. The molecule has 0 aliphatic rings. The summed E-state index contributed by atoms with van der Waals surface area (Å²) in [6.45, 7) is 6.14. The molecule has 0 amide bonds. The molecule has 1 aromatic carbocycles. The van der Waals surface area contributed by atoms with Crippen molar-refractivity contribution in [3.05, 3.63) is 94.2 Å². The van der Waals surface area contributed by atoms with Gasteiger partial charge in [-0.05, 0) is 24.1 Å². The number of rotatable bonds is 6. The van der Waals surface area contributed by atoms with E-state index in [2.05, 4.69) is 11.7 Å². The molecule has 0 spiro atoms. The Morgan fingerprint density at radius 1 is 1.20 bits per heavy atom. The number of aromatic nitrogens is 3. The van der Waals surface area contributed by atoms with Crippen molar-refractivity contribution in [2.45, 2.75) is 20.0 Å². The molecule has 0 atom stereocenters. The summed E-state index contributed by atoms with van der Waals surface area (Å²) in [6, 6.07) is 13.1. The third-order valence-corrected chi connectivity index (χ3v) is 4.13. The molecule has 25 heavy (non-hydrogen) atoms. The molecule has 5 heteroatoms.